The van der Waals surface area contributed by atoms with Gasteiger partial charge in [-0.15, -0.1) is 0 Å². The molecule has 2 N–H and O–H groups in total. The zero-order valence-electron chi connectivity index (χ0n) is 11.9. The van der Waals surface area contributed by atoms with Crippen molar-refractivity contribution in [1.82, 2.24) is 0 Å². The van der Waals surface area contributed by atoms with E-state index in [9.17, 15) is 0 Å². The summed E-state index contributed by atoms with van der Waals surface area (Å²) < 4.78 is 5.34. The van der Waals surface area contributed by atoms with Crippen molar-refractivity contribution >= 4 is 5.90 Å². The number of aliphatic imine (C=N–C) groups is 1. The van der Waals surface area contributed by atoms with Gasteiger partial charge < -0.3 is 10.5 Å². The molecule has 16 heavy (non-hydrogen) atoms. The van der Waals surface area contributed by atoms with Gasteiger partial charge in [0.15, 0.2) is 5.90 Å². The summed E-state index contributed by atoms with van der Waals surface area (Å²) in [5, 5.41) is 0. The van der Waals surface area contributed by atoms with Gasteiger partial charge in [-0.1, -0.05) is 20.3 Å². The third-order valence-electron chi connectivity index (χ3n) is 1.57. The molecular weight excluding hydrogens is 200 g/mol. The molecule has 0 aliphatic rings. The van der Waals surface area contributed by atoms with Crippen LogP contribution in [0.15, 0.2) is 16.8 Å². The quantitative estimate of drug-likeness (QED) is 0.593. The lowest BCUT2D eigenvalue weighted by Gasteiger charge is -2.08. The van der Waals surface area contributed by atoms with Gasteiger partial charge in [-0.2, -0.15) is 0 Å². The van der Waals surface area contributed by atoms with Crippen molar-refractivity contribution in [2.45, 2.75) is 67.0 Å². The molecule has 0 heterocycles. The molecule has 1 atom stereocenters. The van der Waals surface area contributed by atoms with Crippen LogP contribution in [-0.4, -0.2) is 18.0 Å². The van der Waals surface area contributed by atoms with Gasteiger partial charge in [0.25, 0.3) is 0 Å². The molecule has 0 aromatic rings. The average molecular weight is 228 g/mol. The molecule has 0 spiro atoms. The molecule has 96 valence electrons. The Morgan fingerprint density at radius 3 is 2.00 bits per heavy atom. The second-order valence-corrected chi connectivity index (χ2v) is 4.18. The van der Waals surface area contributed by atoms with Crippen molar-refractivity contribution in [3.05, 3.63) is 11.8 Å². The van der Waals surface area contributed by atoms with Crippen molar-refractivity contribution in [3.63, 3.8) is 0 Å². The van der Waals surface area contributed by atoms with E-state index in [1.807, 2.05) is 34.6 Å². The number of hydrogen-bond donors (Lipinski definition) is 1. The largest absolute Gasteiger partial charge is 0.478 e. The standard InChI is InChI=1S/C10H20N2O.C3H8/c1-7(2)13-10(5)12-6-8(3)9(4)11;1-3-2/h6-7,9H,11H2,1-5H3;3H2,1-2H3/b8-6+,12-10?;. The molecule has 0 saturated heterocycles. The molecule has 0 aromatic carbocycles. The molecule has 0 saturated carbocycles. The lowest BCUT2D eigenvalue weighted by molar-refractivity contribution is 0.226. The summed E-state index contributed by atoms with van der Waals surface area (Å²) in [5.41, 5.74) is 6.69. The van der Waals surface area contributed by atoms with Crippen LogP contribution in [0.3, 0.4) is 0 Å². The van der Waals surface area contributed by atoms with Gasteiger partial charge in [-0.05, 0) is 33.3 Å². The van der Waals surface area contributed by atoms with Crippen LogP contribution in [0.4, 0.5) is 0 Å². The van der Waals surface area contributed by atoms with Crippen LogP contribution in [0.25, 0.3) is 0 Å². The van der Waals surface area contributed by atoms with Crippen LogP contribution >= 0.6 is 0 Å². The van der Waals surface area contributed by atoms with Crippen LogP contribution < -0.4 is 5.73 Å². The molecular formula is C13H28N2O. The van der Waals surface area contributed by atoms with Gasteiger partial charge in [-0.25, -0.2) is 4.99 Å². The summed E-state index contributed by atoms with van der Waals surface area (Å²) in [5.74, 6) is 0.676. The predicted octanol–water partition coefficient (Wildman–Crippen LogP) is 3.50. The highest BCUT2D eigenvalue weighted by Gasteiger charge is 1.96. The Bertz CT molecular complexity index is 218. The Labute approximate surface area is 101 Å². The Morgan fingerprint density at radius 2 is 1.69 bits per heavy atom. The first-order valence-electron chi connectivity index (χ1n) is 5.98. The van der Waals surface area contributed by atoms with Gasteiger partial charge in [0.1, 0.15) is 0 Å². The smallest absolute Gasteiger partial charge is 0.184 e. The molecule has 0 aliphatic heterocycles. The van der Waals surface area contributed by atoms with E-state index in [0.717, 1.165) is 5.57 Å². The molecule has 0 rings (SSSR count). The summed E-state index contributed by atoms with van der Waals surface area (Å²) in [7, 11) is 0. The van der Waals surface area contributed by atoms with E-state index in [2.05, 4.69) is 18.8 Å². The molecule has 0 fully saturated rings. The first kappa shape index (κ1) is 17.6. The molecule has 3 nitrogen and oxygen atoms in total. The lowest BCUT2D eigenvalue weighted by Crippen LogP contribution is -2.15. The molecule has 0 bridgehead atoms. The topological polar surface area (TPSA) is 47.6 Å². The van der Waals surface area contributed by atoms with Gasteiger partial charge in [-0.3, -0.25) is 0 Å². The molecule has 0 aliphatic carbocycles. The summed E-state index contributed by atoms with van der Waals surface area (Å²) in [4.78, 5) is 4.14. The van der Waals surface area contributed by atoms with E-state index in [-0.39, 0.29) is 12.1 Å². The second-order valence-electron chi connectivity index (χ2n) is 4.18. The number of nitrogens with two attached hydrogens (primary N) is 1. The minimum Gasteiger partial charge on any atom is -0.478 e. The number of nitrogens with zero attached hydrogens (tertiary/aromatic N) is 1. The zero-order chi connectivity index (χ0) is 13.1. The fraction of sp³-hybridized carbons (Fsp3) is 0.769. The Balaban J connectivity index is 0. The summed E-state index contributed by atoms with van der Waals surface area (Å²) in [6, 6.07) is 0.0515. The number of ether oxygens (including phenoxy) is 1. The minimum absolute atomic E-state index is 0.0515. The molecule has 0 aromatic heterocycles. The lowest BCUT2D eigenvalue weighted by atomic mass is 10.2. The Kier molecular flexibility index (Phi) is 11.7. The fourth-order valence-electron chi connectivity index (χ4n) is 0.682. The third kappa shape index (κ3) is 13.2. The monoisotopic (exact) mass is 228 g/mol. The first-order valence-corrected chi connectivity index (χ1v) is 5.98. The van der Waals surface area contributed by atoms with Crippen molar-refractivity contribution < 1.29 is 4.74 Å². The van der Waals surface area contributed by atoms with Gasteiger partial charge in [0, 0.05) is 19.2 Å². The molecule has 0 radical (unpaired) electrons. The van der Waals surface area contributed by atoms with E-state index in [4.69, 9.17) is 10.5 Å². The highest BCUT2D eigenvalue weighted by molar-refractivity contribution is 5.73. The van der Waals surface area contributed by atoms with Crippen molar-refractivity contribution in [2.24, 2.45) is 10.7 Å². The highest BCUT2D eigenvalue weighted by atomic mass is 16.5. The van der Waals surface area contributed by atoms with Gasteiger partial charge in [0.05, 0.1) is 6.10 Å². The van der Waals surface area contributed by atoms with E-state index < -0.39 is 0 Å². The minimum atomic E-state index is 0.0515. The third-order valence-corrected chi connectivity index (χ3v) is 1.57. The normalized spacial score (nSPS) is 14.3. The highest BCUT2D eigenvalue weighted by Crippen LogP contribution is 1.99. The zero-order valence-corrected chi connectivity index (χ0v) is 11.9. The van der Waals surface area contributed by atoms with Crippen LogP contribution in [0, 0.1) is 0 Å². The van der Waals surface area contributed by atoms with Crippen molar-refractivity contribution in [1.29, 1.82) is 0 Å². The van der Waals surface area contributed by atoms with E-state index in [1.165, 1.54) is 6.42 Å². The molecule has 0 amide bonds. The van der Waals surface area contributed by atoms with Crippen LogP contribution in [-0.2, 0) is 4.74 Å². The molecule has 1 unspecified atom stereocenters. The van der Waals surface area contributed by atoms with Gasteiger partial charge in [0.2, 0.25) is 0 Å². The van der Waals surface area contributed by atoms with Crippen molar-refractivity contribution in [2.75, 3.05) is 0 Å². The maximum atomic E-state index is 5.65. The van der Waals surface area contributed by atoms with E-state index in [1.54, 1.807) is 6.20 Å². The van der Waals surface area contributed by atoms with Crippen LogP contribution in [0.2, 0.25) is 0 Å². The SMILES string of the molecule is CC(=N/C=C(\C)C(C)N)OC(C)C.CCC. The molecule has 3 heteroatoms. The van der Waals surface area contributed by atoms with Crippen LogP contribution in [0.5, 0.6) is 0 Å². The predicted molar refractivity (Wildman–Crippen MR) is 72.7 cm³/mol. The van der Waals surface area contributed by atoms with Crippen molar-refractivity contribution in [3.8, 4) is 0 Å². The maximum Gasteiger partial charge on any atom is 0.184 e. The van der Waals surface area contributed by atoms with E-state index in [0.29, 0.717) is 5.90 Å². The Hall–Kier alpha value is -0.830. The summed E-state index contributed by atoms with van der Waals surface area (Å²) in [6.07, 6.45) is 3.18. The van der Waals surface area contributed by atoms with Gasteiger partial charge >= 0.3 is 0 Å². The second kappa shape index (κ2) is 10.7. The number of rotatable bonds is 3. The first-order chi connectivity index (χ1) is 7.34. The fourth-order valence-corrected chi connectivity index (χ4v) is 0.682. The summed E-state index contributed by atoms with van der Waals surface area (Å²) >= 11 is 0. The summed E-state index contributed by atoms with van der Waals surface area (Å²) in [6.45, 7) is 13.9. The number of hydrogen-bond acceptors (Lipinski definition) is 3. The van der Waals surface area contributed by atoms with E-state index >= 15 is 0 Å². The maximum absolute atomic E-state index is 5.65. The van der Waals surface area contributed by atoms with Crippen LogP contribution in [0.1, 0.15) is 54.9 Å². The Morgan fingerprint density at radius 1 is 1.25 bits per heavy atom. The average Bonchev–Trinajstić information content (AvgIpc) is 2.14.